The molecule has 1 aliphatic rings. The van der Waals surface area contributed by atoms with Crippen LogP contribution in [0.5, 0.6) is 0 Å². The zero-order valence-electron chi connectivity index (χ0n) is 21.5. The largest absolute Gasteiger partial charge is 0.449 e. The summed E-state index contributed by atoms with van der Waals surface area (Å²) < 4.78 is 11.2. The Morgan fingerprint density at radius 2 is 1.46 bits per heavy atom. The van der Waals surface area contributed by atoms with Crippen LogP contribution in [-0.2, 0) is 14.3 Å². The molecule has 7 nitrogen and oxygen atoms in total. The number of rotatable bonds is 8. The van der Waals surface area contributed by atoms with Gasteiger partial charge in [-0.15, -0.1) is 0 Å². The van der Waals surface area contributed by atoms with E-state index in [9.17, 15) is 9.59 Å². The van der Waals surface area contributed by atoms with Crippen LogP contribution in [0, 0.1) is 5.92 Å². The van der Waals surface area contributed by atoms with E-state index in [1.165, 1.54) is 0 Å². The van der Waals surface area contributed by atoms with Gasteiger partial charge in [-0.25, -0.2) is 14.6 Å². The van der Waals surface area contributed by atoms with Crippen molar-refractivity contribution in [2.24, 2.45) is 10.9 Å². The summed E-state index contributed by atoms with van der Waals surface area (Å²) in [6.07, 6.45) is -0.228. The molecule has 35 heavy (non-hydrogen) atoms. The van der Waals surface area contributed by atoms with Crippen molar-refractivity contribution in [3.05, 3.63) is 59.7 Å². The molecular formula is C28H37N3O4. The van der Waals surface area contributed by atoms with Crippen LogP contribution in [0.3, 0.4) is 0 Å². The molecule has 0 aromatic heterocycles. The number of amidine groups is 1. The predicted octanol–water partition coefficient (Wildman–Crippen LogP) is 5.25. The van der Waals surface area contributed by atoms with E-state index < -0.39 is 18.1 Å². The molecule has 0 fully saturated rings. The summed E-state index contributed by atoms with van der Waals surface area (Å²) >= 11 is 0. The third kappa shape index (κ3) is 7.07. The van der Waals surface area contributed by atoms with Crippen LogP contribution < -0.4 is 10.6 Å². The van der Waals surface area contributed by atoms with Crippen LogP contribution in [0.15, 0.2) is 53.5 Å². The van der Waals surface area contributed by atoms with E-state index in [0.29, 0.717) is 6.42 Å². The second-order valence-electron chi connectivity index (χ2n) is 9.90. The Hall–Kier alpha value is -3.35. The molecule has 0 saturated carbocycles. The highest BCUT2D eigenvalue weighted by molar-refractivity contribution is 5.91. The lowest BCUT2D eigenvalue weighted by atomic mass is 9.98. The maximum Gasteiger partial charge on any atom is 0.407 e. The summed E-state index contributed by atoms with van der Waals surface area (Å²) in [6.45, 7) is 11.8. The van der Waals surface area contributed by atoms with Crippen molar-refractivity contribution in [2.45, 2.75) is 72.0 Å². The number of benzene rings is 2. The van der Waals surface area contributed by atoms with Crippen LogP contribution in [0.4, 0.5) is 4.79 Å². The van der Waals surface area contributed by atoms with E-state index in [4.69, 9.17) is 9.47 Å². The number of aliphatic imine (C=N–C) groups is 1. The van der Waals surface area contributed by atoms with Crippen LogP contribution in [0.2, 0.25) is 0 Å². The molecule has 0 heterocycles. The van der Waals surface area contributed by atoms with Crippen molar-refractivity contribution in [3.63, 3.8) is 0 Å². The zero-order valence-corrected chi connectivity index (χ0v) is 21.5. The summed E-state index contributed by atoms with van der Waals surface area (Å²) in [7, 11) is 0. The number of hydrogen-bond acceptors (Lipinski definition) is 5. The molecule has 2 aromatic carbocycles. The Morgan fingerprint density at radius 1 is 0.886 bits per heavy atom. The number of alkyl carbamates (subject to hydrolysis) is 1. The molecule has 0 bridgehead atoms. The average molecular weight is 480 g/mol. The Morgan fingerprint density at radius 3 is 1.97 bits per heavy atom. The van der Waals surface area contributed by atoms with Gasteiger partial charge in [0.05, 0.1) is 0 Å². The number of carbonyl (C=O) groups is 2. The van der Waals surface area contributed by atoms with Gasteiger partial charge in [-0.05, 0) is 62.3 Å². The van der Waals surface area contributed by atoms with Gasteiger partial charge >= 0.3 is 12.1 Å². The minimum absolute atomic E-state index is 0.0407. The number of carbonyl (C=O) groups excluding carboxylic acids is 2. The lowest BCUT2D eigenvalue weighted by Crippen LogP contribution is -2.46. The van der Waals surface area contributed by atoms with E-state index >= 15 is 0 Å². The van der Waals surface area contributed by atoms with E-state index in [1.807, 2.05) is 65.8 Å². The molecule has 0 unspecified atom stereocenters. The first-order valence-electron chi connectivity index (χ1n) is 12.3. The standard InChI is InChI=1S/C28H37N3O4/c1-17(2)15-25(26(32)35-27(29-18(3)4)30-19(5)6)31-28(33)34-16-24-22-13-9-7-11-20(22)21-12-8-10-14-23(21)24/h7-14,17-19,24-25H,15-16H2,1-6H3,(H,29,30)(H,31,33)/t25-/m0/s1. The molecule has 188 valence electrons. The number of hydrogen-bond donors (Lipinski definition) is 2. The van der Waals surface area contributed by atoms with Crippen LogP contribution in [0.25, 0.3) is 11.1 Å². The number of fused-ring (bicyclic) bond motifs is 3. The van der Waals surface area contributed by atoms with E-state index in [-0.39, 0.29) is 36.5 Å². The molecular weight excluding hydrogens is 442 g/mol. The first-order valence-corrected chi connectivity index (χ1v) is 12.3. The minimum atomic E-state index is -0.850. The molecule has 1 atom stereocenters. The number of ether oxygens (including phenoxy) is 2. The Labute approximate surface area is 208 Å². The summed E-state index contributed by atoms with van der Waals surface area (Å²) in [5.41, 5.74) is 4.59. The third-order valence-electron chi connectivity index (χ3n) is 5.61. The number of esters is 1. The topological polar surface area (TPSA) is 89.0 Å². The van der Waals surface area contributed by atoms with Gasteiger partial charge in [0.2, 0.25) is 0 Å². The monoisotopic (exact) mass is 479 g/mol. The molecule has 0 spiro atoms. The Balaban J connectivity index is 1.67. The second kappa shape index (κ2) is 11.9. The van der Waals surface area contributed by atoms with Crippen LogP contribution in [0.1, 0.15) is 65.0 Å². The van der Waals surface area contributed by atoms with Gasteiger partial charge in [-0.1, -0.05) is 62.4 Å². The van der Waals surface area contributed by atoms with Crippen molar-refractivity contribution in [2.75, 3.05) is 6.61 Å². The van der Waals surface area contributed by atoms with Gasteiger partial charge in [0.25, 0.3) is 6.02 Å². The molecule has 2 N–H and O–H groups in total. The van der Waals surface area contributed by atoms with Crippen molar-refractivity contribution in [1.82, 2.24) is 10.6 Å². The summed E-state index contributed by atoms with van der Waals surface area (Å²) in [6, 6.07) is 15.6. The van der Waals surface area contributed by atoms with Crippen molar-refractivity contribution >= 4 is 18.1 Å². The molecule has 2 aromatic rings. The van der Waals surface area contributed by atoms with Crippen molar-refractivity contribution in [1.29, 1.82) is 0 Å². The minimum Gasteiger partial charge on any atom is -0.449 e. The van der Waals surface area contributed by atoms with Gasteiger partial charge in [-0.3, -0.25) is 0 Å². The highest BCUT2D eigenvalue weighted by Gasteiger charge is 2.30. The molecule has 3 rings (SSSR count). The van der Waals surface area contributed by atoms with Gasteiger partial charge in [-0.2, -0.15) is 0 Å². The second-order valence-corrected chi connectivity index (χ2v) is 9.90. The summed E-state index contributed by atoms with van der Waals surface area (Å²) in [5, 5.41) is 5.76. The fourth-order valence-electron chi connectivity index (χ4n) is 4.21. The van der Waals surface area contributed by atoms with Crippen molar-refractivity contribution in [3.8, 4) is 11.1 Å². The number of amides is 1. The van der Waals surface area contributed by atoms with Gasteiger partial charge in [0.15, 0.2) is 0 Å². The van der Waals surface area contributed by atoms with E-state index in [2.05, 4.69) is 39.9 Å². The quantitative estimate of drug-likeness (QED) is 0.307. The average Bonchev–Trinajstić information content (AvgIpc) is 3.10. The Kier molecular flexibility index (Phi) is 8.90. The highest BCUT2D eigenvalue weighted by Crippen LogP contribution is 2.44. The fourth-order valence-corrected chi connectivity index (χ4v) is 4.21. The first kappa shape index (κ1) is 26.3. The molecule has 7 heteroatoms. The molecule has 0 saturated heterocycles. The fraction of sp³-hybridized carbons (Fsp3) is 0.464. The SMILES string of the molecule is CC(C)C[C@H](NC(=O)OCC1c2ccccc2-c2ccccc21)C(=O)OC(=NC(C)C)NC(C)C. The van der Waals surface area contributed by atoms with Crippen LogP contribution in [-0.4, -0.2) is 42.8 Å². The lowest BCUT2D eigenvalue weighted by molar-refractivity contribution is -0.138. The molecule has 1 amide bonds. The van der Waals surface area contributed by atoms with Crippen molar-refractivity contribution < 1.29 is 19.1 Å². The van der Waals surface area contributed by atoms with Crippen LogP contribution >= 0.6 is 0 Å². The predicted molar refractivity (Wildman–Crippen MR) is 138 cm³/mol. The smallest absolute Gasteiger partial charge is 0.407 e. The van der Waals surface area contributed by atoms with E-state index in [0.717, 1.165) is 22.3 Å². The summed E-state index contributed by atoms with van der Waals surface area (Å²) in [5.74, 6) is -0.464. The lowest BCUT2D eigenvalue weighted by Gasteiger charge is -2.21. The van der Waals surface area contributed by atoms with Gasteiger partial charge in [0, 0.05) is 18.0 Å². The maximum atomic E-state index is 13.0. The normalized spacial score (nSPS) is 14.0. The zero-order chi connectivity index (χ0) is 25.5. The number of nitrogens with zero attached hydrogens (tertiary/aromatic N) is 1. The third-order valence-corrected chi connectivity index (χ3v) is 5.61. The van der Waals surface area contributed by atoms with Gasteiger partial charge < -0.3 is 20.1 Å². The molecule has 0 aliphatic heterocycles. The number of nitrogens with one attached hydrogen (secondary N) is 2. The molecule has 1 aliphatic carbocycles. The summed E-state index contributed by atoms with van der Waals surface area (Å²) in [4.78, 5) is 30.1. The van der Waals surface area contributed by atoms with E-state index in [1.54, 1.807) is 0 Å². The van der Waals surface area contributed by atoms with Gasteiger partial charge in [0.1, 0.15) is 12.6 Å². The maximum absolute atomic E-state index is 13.0. The Bertz CT molecular complexity index is 1020. The highest BCUT2D eigenvalue weighted by atomic mass is 16.6. The molecule has 0 radical (unpaired) electrons. The first-order chi connectivity index (χ1) is 16.7.